The SMILES string of the molecule is Cc1ccc(-c2cccc(-c3ccc4c5ccccc5n(-c5ccc6c(c5)C(c5ccccc5)(c5ccccc5)c5ccccc5-6)c4c3)c2)cc1.Cc1ccccc1.Cc1cncc2ccccc12. The molecule has 0 amide bonds. The van der Waals surface area contributed by atoms with Gasteiger partial charge in [0.1, 0.15) is 0 Å². The van der Waals surface area contributed by atoms with Crippen LogP contribution >= 0.6 is 0 Å². The van der Waals surface area contributed by atoms with E-state index in [1.807, 2.05) is 36.7 Å². The predicted octanol–water partition coefficient (Wildman–Crippen LogP) is 17.3. The van der Waals surface area contributed by atoms with Crippen molar-refractivity contribution >= 4 is 32.6 Å². The van der Waals surface area contributed by atoms with Gasteiger partial charge in [-0.2, -0.15) is 0 Å². The quantitative estimate of drug-likeness (QED) is 0.168. The summed E-state index contributed by atoms with van der Waals surface area (Å²) < 4.78 is 2.47. The first kappa shape index (κ1) is 43.0. The van der Waals surface area contributed by atoms with Crippen LogP contribution < -0.4 is 0 Å². The fourth-order valence-corrected chi connectivity index (χ4v) is 10.4. The molecule has 0 atom stereocenters. The van der Waals surface area contributed by atoms with E-state index in [9.17, 15) is 0 Å². The van der Waals surface area contributed by atoms with Gasteiger partial charge >= 0.3 is 0 Å². The second-order valence-corrected chi connectivity index (χ2v) is 18.1. The van der Waals surface area contributed by atoms with E-state index in [4.69, 9.17) is 0 Å². The summed E-state index contributed by atoms with van der Waals surface area (Å²) in [4.78, 5) is 4.11. The molecule has 0 saturated heterocycles. The van der Waals surface area contributed by atoms with Crippen LogP contribution in [0.3, 0.4) is 0 Å². The fraction of sp³-hybridized carbons (Fsp3) is 0.0597. The Hall–Kier alpha value is -8.59. The largest absolute Gasteiger partial charge is 0.309 e. The van der Waals surface area contributed by atoms with Crippen molar-refractivity contribution in [2.24, 2.45) is 0 Å². The summed E-state index contributed by atoms with van der Waals surface area (Å²) in [7, 11) is 0. The number of hydrogen-bond donors (Lipinski definition) is 0. The number of benzene rings is 10. The van der Waals surface area contributed by atoms with E-state index in [1.165, 1.54) is 105 Å². The van der Waals surface area contributed by atoms with Crippen LogP contribution in [0.5, 0.6) is 0 Å². The Morgan fingerprint density at radius 3 is 1.59 bits per heavy atom. The van der Waals surface area contributed by atoms with Crippen LogP contribution in [0.25, 0.3) is 71.6 Å². The van der Waals surface area contributed by atoms with Crippen molar-refractivity contribution in [2.75, 3.05) is 0 Å². The smallest absolute Gasteiger partial charge is 0.0714 e. The van der Waals surface area contributed by atoms with Crippen molar-refractivity contribution in [2.45, 2.75) is 26.2 Å². The Morgan fingerprint density at radius 2 is 0.899 bits per heavy atom. The number of pyridine rings is 1. The highest BCUT2D eigenvalue weighted by atomic mass is 15.0. The van der Waals surface area contributed by atoms with Crippen molar-refractivity contribution in [1.29, 1.82) is 0 Å². The number of fused-ring (bicyclic) bond motifs is 7. The van der Waals surface area contributed by atoms with Gasteiger partial charge in [-0.1, -0.05) is 230 Å². The lowest BCUT2D eigenvalue weighted by Gasteiger charge is -2.34. The first-order valence-corrected chi connectivity index (χ1v) is 23.8. The van der Waals surface area contributed by atoms with Gasteiger partial charge in [0.05, 0.1) is 16.4 Å². The van der Waals surface area contributed by atoms with Crippen LogP contribution in [0.2, 0.25) is 0 Å². The Bertz CT molecular complexity index is 3690. The third-order valence-electron chi connectivity index (χ3n) is 13.8. The van der Waals surface area contributed by atoms with Gasteiger partial charge in [0.15, 0.2) is 0 Å². The first-order chi connectivity index (χ1) is 34.0. The zero-order valence-corrected chi connectivity index (χ0v) is 39.2. The minimum Gasteiger partial charge on any atom is -0.309 e. The van der Waals surface area contributed by atoms with E-state index >= 15 is 0 Å². The second-order valence-electron chi connectivity index (χ2n) is 18.1. The first-order valence-electron chi connectivity index (χ1n) is 23.8. The normalized spacial score (nSPS) is 12.1. The monoisotopic (exact) mass is 884 g/mol. The molecule has 2 heteroatoms. The van der Waals surface area contributed by atoms with Crippen LogP contribution in [0.15, 0.2) is 261 Å². The minimum absolute atomic E-state index is 0.454. The average Bonchev–Trinajstić information content (AvgIpc) is 3.90. The highest BCUT2D eigenvalue weighted by Crippen LogP contribution is 2.56. The lowest BCUT2D eigenvalue weighted by molar-refractivity contribution is 0.767. The summed E-state index contributed by atoms with van der Waals surface area (Å²) in [5, 5.41) is 5.02. The van der Waals surface area contributed by atoms with Gasteiger partial charge in [-0.25, -0.2) is 0 Å². The van der Waals surface area contributed by atoms with Crippen LogP contribution in [-0.4, -0.2) is 9.55 Å². The molecule has 10 aromatic carbocycles. The average molecular weight is 885 g/mol. The molecule has 2 nitrogen and oxygen atoms in total. The molecular weight excluding hydrogens is 833 g/mol. The molecule has 0 fully saturated rings. The van der Waals surface area contributed by atoms with Gasteiger partial charge in [-0.15, -0.1) is 0 Å². The van der Waals surface area contributed by atoms with Crippen molar-refractivity contribution in [1.82, 2.24) is 9.55 Å². The predicted molar refractivity (Wildman–Crippen MR) is 291 cm³/mol. The van der Waals surface area contributed by atoms with E-state index in [0.717, 1.165) is 5.69 Å². The van der Waals surface area contributed by atoms with E-state index < -0.39 is 5.41 Å². The van der Waals surface area contributed by atoms with Gasteiger partial charge in [0, 0.05) is 34.2 Å². The molecule has 0 unspecified atom stereocenters. The van der Waals surface area contributed by atoms with Gasteiger partial charge in [0.25, 0.3) is 0 Å². The van der Waals surface area contributed by atoms with Crippen LogP contribution in [0.1, 0.15) is 38.9 Å². The number of para-hydroxylation sites is 1. The van der Waals surface area contributed by atoms with Crippen LogP contribution in [-0.2, 0) is 5.41 Å². The summed E-state index contributed by atoms with van der Waals surface area (Å²) in [6.45, 7) is 6.30. The van der Waals surface area contributed by atoms with Crippen molar-refractivity contribution in [3.63, 3.8) is 0 Å². The molecule has 0 N–H and O–H groups in total. The maximum Gasteiger partial charge on any atom is 0.0714 e. The topological polar surface area (TPSA) is 17.8 Å². The van der Waals surface area contributed by atoms with Gasteiger partial charge in [-0.3, -0.25) is 4.98 Å². The highest BCUT2D eigenvalue weighted by Gasteiger charge is 2.46. The maximum atomic E-state index is 4.11. The van der Waals surface area contributed by atoms with Crippen molar-refractivity contribution in [3.8, 4) is 39.1 Å². The van der Waals surface area contributed by atoms with Gasteiger partial charge < -0.3 is 4.57 Å². The molecule has 1 aliphatic carbocycles. The molecule has 69 heavy (non-hydrogen) atoms. The molecule has 0 radical (unpaired) electrons. The molecule has 0 aliphatic heterocycles. The number of aromatic nitrogens is 2. The number of hydrogen-bond acceptors (Lipinski definition) is 1. The molecule has 0 saturated carbocycles. The second kappa shape index (κ2) is 18.6. The molecular formula is C67H52N2. The zero-order valence-electron chi connectivity index (χ0n) is 39.2. The number of aryl methyl sites for hydroxylation is 3. The maximum absolute atomic E-state index is 4.11. The Balaban J connectivity index is 0.000000240. The van der Waals surface area contributed by atoms with Crippen LogP contribution in [0.4, 0.5) is 0 Å². The molecule has 0 spiro atoms. The summed E-state index contributed by atoms with van der Waals surface area (Å²) in [5.74, 6) is 0. The van der Waals surface area contributed by atoms with E-state index in [0.29, 0.717) is 0 Å². The molecule has 2 heterocycles. The molecule has 330 valence electrons. The molecule has 12 aromatic rings. The Labute approximate surface area is 405 Å². The standard InChI is InChI=1S/C50H35N.C10H9N.C7H8/c1-34-23-25-35(26-24-34)36-13-12-14-37(31-36)38-27-29-45-44-20-9-11-22-48(44)51(49(45)32-38)41-28-30-43-42-19-8-10-21-46(42)50(47(43)33-41,39-15-4-2-5-16-39)40-17-6-3-7-18-40;1-8-6-11-7-9-4-2-3-5-10(8)9;1-7-5-3-2-4-6-7/h2-33H,1H3;2-7H,1H3;2-6H,1H3. The van der Waals surface area contributed by atoms with Gasteiger partial charge in [-0.05, 0) is 118 Å². The van der Waals surface area contributed by atoms with Gasteiger partial charge in [0.2, 0.25) is 0 Å². The summed E-state index contributed by atoms with van der Waals surface area (Å²) >= 11 is 0. The summed E-state index contributed by atoms with van der Waals surface area (Å²) in [6.07, 6.45) is 3.78. The highest BCUT2D eigenvalue weighted by molar-refractivity contribution is 6.10. The van der Waals surface area contributed by atoms with E-state index in [-0.39, 0.29) is 0 Å². The van der Waals surface area contributed by atoms with Crippen molar-refractivity contribution in [3.05, 3.63) is 300 Å². The lowest BCUT2D eigenvalue weighted by Crippen LogP contribution is -2.28. The molecule has 13 rings (SSSR count). The summed E-state index contributed by atoms with van der Waals surface area (Å²) in [5.41, 5.74) is 19.6. The molecule has 0 bridgehead atoms. The third kappa shape index (κ3) is 8.00. The Morgan fingerprint density at radius 1 is 0.348 bits per heavy atom. The molecule has 2 aromatic heterocycles. The molecule has 1 aliphatic rings. The number of nitrogens with zero attached hydrogens (tertiary/aromatic N) is 2. The van der Waals surface area contributed by atoms with E-state index in [2.05, 4.69) is 255 Å². The van der Waals surface area contributed by atoms with Crippen LogP contribution in [0, 0.1) is 20.8 Å². The van der Waals surface area contributed by atoms with E-state index in [1.54, 1.807) is 0 Å². The van der Waals surface area contributed by atoms with Crippen molar-refractivity contribution < 1.29 is 0 Å². The lowest BCUT2D eigenvalue weighted by atomic mass is 9.67. The zero-order chi connectivity index (χ0) is 46.7. The minimum atomic E-state index is -0.454. The summed E-state index contributed by atoms with van der Waals surface area (Å²) in [6, 6.07) is 90.3. The number of rotatable bonds is 5. The third-order valence-corrected chi connectivity index (χ3v) is 13.8. The Kier molecular flexibility index (Phi) is 11.6. The fourth-order valence-electron chi connectivity index (χ4n) is 10.4.